The van der Waals surface area contributed by atoms with Crippen molar-refractivity contribution in [3.05, 3.63) is 35.6 Å². The third-order valence-electron chi connectivity index (χ3n) is 2.79. The number of nitrogens with one attached hydrogen (secondary N) is 2. The van der Waals surface area contributed by atoms with Crippen molar-refractivity contribution in [2.24, 2.45) is 0 Å². The minimum Gasteiger partial charge on any atom is -0.454 e. The summed E-state index contributed by atoms with van der Waals surface area (Å²) in [5, 5.41) is 4.95. The highest BCUT2D eigenvalue weighted by Gasteiger charge is 2.23. The maximum Gasteiger partial charge on any atom is 0.325 e. The number of amides is 2. The van der Waals surface area contributed by atoms with Crippen LogP contribution in [0.1, 0.15) is 23.2 Å². The van der Waals surface area contributed by atoms with Crippen LogP contribution in [0.3, 0.4) is 0 Å². The highest BCUT2D eigenvalue weighted by atomic mass is 19.1. The molecule has 1 aromatic carbocycles. The van der Waals surface area contributed by atoms with Crippen molar-refractivity contribution in [1.82, 2.24) is 10.6 Å². The van der Waals surface area contributed by atoms with Crippen LogP contribution in [-0.4, -0.2) is 37.0 Å². The van der Waals surface area contributed by atoms with Gasteiger partial charge in [0, 0.05) is 11.6 Å². The number of hydrogen-bond donors (Lipinski definition) is 2. The van der Waals surface area contributed by atoms with Crippen LogP contribution in [0.2, 0.25) is 0 Å². The molecule has 2 amide bonds. The second kappa shape index (κ2) is 6.83. The molecular formula is C14H15FN2O4. The van der Waals surface area contributed by atoms with E-state index in [0.29, 0.717) is 0 Å². The number of hydrogen-bond acceptors (Lipinski definition) is 4. The molecule has 0 heterocycles. The molecule has 0 bridgehead atoms. The fourth-order valence-corrected chi connectivity index (χ4v) is 1.58. The molecule has 2 rings (SSSR count). The fraction of sp³-hybridized carbons (Fsp3) is 0.357. The predicted molar refractivity (Wildman–Crippen MR) is 70.9 cm³/mol. The topological polar surface area (TPSA) is 84.5 Å². The molecule has 1 aliphatic carbocycles. The standard InChI is InChI=1S/C14H15FN2O4/c15-10-3-1-2-9(6-10)14(20)16-7-13(19)21-8-12(18)17-11-4-5-11/h1-3,6,11H,4-5,7-8H2,(H,16,20)(H,17,18). The molecule has 0 aromatic heterocycles. The first-order valence-electron chi connectivity index (χ1n) is 6.53. The molecule has 1 aliphatic rings. The Morgan fingerprint density at radius 3 is 2.71 bits per heavy atom. The van der Waals surface area contributed by atoms with E-state index in [1.54, 1.807) is 0 Å². The maximum absolute atomic E-state index is 12.9. The molecule has 1 aromatic rings. The molecule has 6 nitrogen and oxygen atoms in total. The Labute approximate surface area is 120 Å². The van der Waals surface area contributed by atoms with Crippen LogP contribution in [-0.2, 0) is 14.3 Å². The summed E-state index contributed by atoms with van der Waals surface area (Å²) in [7, 11) is 0. The van der Waals surface area contributed by atoms with E-state index in [9.17, 15) is 18.8 Å². The largest absolute Gasteiger partial charge is 0.454 e. The van der Waals surface area contributed by atoms with E-state index >= 15 is 0 Å². The highest BCUT2D eigenvalue weighted by Crippen LogP contribution is 2.18. The molecule has 112 valence electrons. The van der Waals surface area contributed by atoms with E-state index in [-0.39, 0.29) is 30.7 Å². The smallest absolute Gasteiger partial charge is 0.325 e. The summed E-state index contributed by atoms with van der Waals surface area (Å²) in [5.41, 5.74) is 0.106. The van der Waals surface area contributed by atoms with Gasteiger partial charge in [-0.1, -0.05) is 6.07 Å². The highest BCUT2D eigenvalue weighted by molar-refractivity contribution is 5.96. The van der Waals surface area contributed by atoms with Crippen LogP contribution in [0.4, 0.5) is 4.39 Å². The SMILES string of the molecule is O=C(COC(=O)CNC(=O)c1cccc(F)c1)NC1CC1. The van der Waals surface area contributed by atoms with Crippen molar-refractivity contribution in [3.8, 4) is 0 Å². The summed E-state index contributed by atoms with van der Waals surface area (Å²) >= 11 is 0. The fourth-order valence-electron chi connectivity index (χ4n) is 1.58. The van der Waals surface area contributed by atoms with Crippen molar-refractivity contribution in [3.63, 3.8) is 0 Å². The minimum absolute atomic E-state index is 0.106. The summed E-state index contributed by atoms with van der Waals surface area (Å²) in [6.45, 7) is -0.753. The van der Waals surface area contributed by atoms with Gasteiger partial charge in [0.25, 0.3) is 11.8 Å². The molecule has 2 N–H and O–H groups in total. The lowest BCUT2D eigenvalue weighted by Gasteiger charge is -2.07. The molecule has 0 aliphatic heterocycles. The maximum atomic E-state index is 12.9. The molecule has 0 atom stereocenters. The molecule has 1 fully saturated rings. The van der Waals surface area contributed by atoms with Crippen LogP contribution in [0.5, 0.6) is 0 Å². The number of carbonyl (C=O) groups is 3. The lowest BCUT2D eigenvalue weighted by atomic mass is 10.2. The normalized spacial score (nSPS) is 13.4. The second-order valence-electron chi connectivity index (χ2n) is 4.70. The average Bonchev–Trinajstić information content (AvgIpc) is 3.26. The van der Waals surface area contributed by atoms with Gasteiger partial charge >= 0.3 is 5.97 Å². The number of benzene rings is 1. The van der Waals surface area contributed by atoms with E-state index < -0.39 is 17.7 Å². The van der Waals surface area contributed by atoms with Crippen LogP contribution >= 0.6 is 0 Å². The Morgan fingerprint density at radius 2 is 2.05 bits per heavy atom. The van der Waals surface area contributed by atoms with Crippen LogP contribution in [0.15, 0.2) is 24.3 Å². The molecule has 21 heavy (non-hydrogen) atoms. The van der Waals surface area contributed by atoms with Gasteiger partial charge < -0.3 is 15.4 Å². The van der Waals surface area contributed by atoms with Gasteiger partial charge in [-0.15, -0.1) is 0 Å². The average molecular weight is 294 g/mol. The first-order chi connectivity index (χ1) is 10.0. The van der Waals surface area contributed by atoms with E-state index in [2.05, 4.69) is 10.6 Å². The zero-order chi connectivity index (χ0) is 15.2. The Bertz CT molecular complexity index is 558. The van der Waals surface area contributed by atoms with Crippen molar-refractivity contribution < 1.29 is 23.5 Å². The summed E-state index contributed by atoms with van der Waals surface area (Å²) in [4.78, 5) is 34.3. The number of carbonyl (C=O) groups excluding carboxylic acids is 3. The Kier molecular flexibility index (Phi) is 4.86. The summed E-state index contributed by atoms with van der Waals surface area (Å²) < 4.78 is 17.6. The lowest BCUT2D eigenvalue weighted by molar-refractivity contribution is -0.147. The quantitative estimate of drug-likeness (QED) is 0.743. The van der Waals surface area contributed by atoms with Crippen LogP contribution in [0.25, 0.3) is 0 Å². The third kappa shape index (κ3) is 5.21. The van der Waals surface area contributed by atoms with E-state index in [1.807, 2.05) is 0 Å². The molecular weight excluding hydrogens is 279 g/mol. The van der Waals surface area contributed by atoms with Gasteiger partial charge in [-0.05, 0) is 31.0 Å². The van der Waals surface area contributed by atoms with E-state index in [0.717, 1.165) is 18.9 Å². The summed E-state index contributed by atoms with van der Waals surface area (Å²) in [5.74, 6) is -2.22. The monoisotopic (exact) mass is 294 g/mol. The number of rotatable bonds is 6. The van der Waals surface area contributed by atoms with Crippen molar-refractivity contribution >= 4 is 17.8 Å². The summed E-state index contributed by atoms with van der Waals surface area (Å²) in [6.07, 6.45) is 1.90. The molecule has 0 spiro atoms. The first-order valence-corrected chi connectivity index (χ1v) is 6.53. The number of ether oxygens (including phenoxy) is 1. The molecule has 0 saturated heterocycles. The van der Waals surface area contributed by atoms with Gasteiger partial charge in [0.05, 0.1) is 0 Å². The number of halogens is 1. The van der Waals surface area contributed by atoms with Crippen molar-refractivity contribution in [1.29, 1.82) is 0 Å². The van der Waals surface area contributed by atoms with E-state index in [1.165, 1.54) is 18.2 Å². The van der Waals surface area contributed by atoms with Crippen molar-refractivity contribution in [2.75, 3.05) is 13.2 Å². The second-order valence-corrected chi connectivity index (χ2v) is 4.70. The number of esters is 1. The van der Waals surface area contributed by atoms with Gasteiger partial charge in [-0.3, -0.25) is 14.4 Å². The first kappa shape index (κ1) is 15.0. The van der Waals surface area contributed by atoms with Gasteiger partial charge in [0.2, 0.25) is 0 Å². The Hall–Kier alpha value is -2.44. The van der Waals surface area contributed by atoms with Crippen LogP contribution < -0.4 is 10.6 Å². The van der Waals surface area contributed by atoms with Gasteiger partial charge in [-0.2, -0.15) is 0 Å². The van der Waals surface area contributed by atoms with Gasteiger partial charge in [0.1, 0.15) is 12.4 Å². The minimum atomic E-state index is -0.731. The summed E-state index contributed by atoms with van der Waals surface area (Å²) in [6, 6.07) is 5.29. The van der Waals surface area contributed by atoms with Crippen molar-refractivity contribution in [2.45, 2.75) is 18.9 Å². The predicted octanol–water partition coefficient (Wildman–Crippen LogP) is 0.377. The molecule has 0 radical (unpaired) electrons. The molecule has 1 saturated carbocycles. The molecule has 0 unspecified atom stereocenters. The Morgan fingerprint density at radius 1 is 1.29 bits per heavy atom. The van der Waals surface area contributed by atoms with Gasteiger partial charge in [-0.25, -0.2) is 4.39 Å². The zero-order valence-corrected chi connectivity index (χ0v) is 11.2. The van der Waals surface area contributed by atoms with E-state index in [4.69, 9.17) is 4.74 Å². The molecule has 7 heteroatoms. The van der Waals surface area contributed by atoms with Gasteiger partial charge in [0.15, 0.2) is 6.61 Å². The lowest BCUT2D eigenvalue weighted by Crippen LogP contribution is -2.34. The van der Waals surface area contributed by atoms with Crippen LogP contribution in [0, 0.1) is 5.82 Å². The third-order valence-corrected chi connectivity index (χ3v) is 2.79. The Balaban J connectivity index is 1.68. The zero-order valence-electron chi connectivity index (χ0n) is 11.2.